The molecular weight excluding hydrogens is 578 g/mol. The third kappa shape index (κ3) is 15.2. The molecule has 0 aromatic carbocycles. The lowest BCUT2D eigenvalue weighted by molar-refractivity contribution is -0.162. The molecule has 0 spiro atoms. The van der Waals surface area contributed by atoms with Gasteiger partial charge >= 0.3 is 5.97 Å². The van der Waals surface area contributed by atoms with Gasteiger partial charge in [0.15, 0.2) is 0 Å². The topological polar surface area (TPSA) is 154 Å². The summed E-state index contributed by atoms with van der Waals surface area (Å²) in [7, 11) is 2.86. The van der Waals surface area contributed by atoms with Gasteiger partial charge in [-0.1, -0.05) is 71.6 Å². The zero-order chi connectivity index (χ0) is 34.0. The minimum absolute atomic E-state index is 0.0677. The number of nitrogens with one attached hydrogen (secondary N) is 3. The van der Waals surface area contributed by atoms with Gasteiger partial charge in [-0.25, -0.2) is 4.79 Å². The number of likely N-dealkylation sites (N-methyl/N-ethyl adjacent to an activating group) is 1. The van der Waals surface area contributed by atoms with Crippen molar-refractivity contribution in [3.05, 3.63) is 0 Å². The molecule has 3 atom stereocenters. The van der Waals surface area contributed by atoms with E-state index in [4.69, 9.17) is 0 Å². The number of hydrogen-bond acceptors (Lipinski definition) is 8. The van der Waals surface area contributed by atoms with Gasteiger partial charge in [-0.15, -0.1) is 0 Å². The quantitative estimate of drug-likeness (QED) is 0.209. The van der Waals surface area contributed by atoms with E-state index >= 15 is 0 Å². The number of carbonyl (C=O) groups excluding carboxylic acids is 6. The molecule has 4 rings (SSSR count). The average molecular weight is 638 g/mol. The number of rotatable bonds is 8. The average Bonchev–Trinajstić information content (AvgIpc) is 3.37. The van der Waals surface area contributed by atoms with E-state index in [0.717, 1.165) is 10.8 Å². The number of nitrogens with zero attached hydrogens (tertiary/aromatic N) is 2. The van der Waals surface area contributed by atoms with Crippen LogP contribution < -0.4 is 16.0 Å². The van der Waals surface area contributed by atoms with E-state index in [9.17, 15) is 28.8 Å². The molecule has 2 aliphatic heterocycles. The van der Waals surface area contributed by atoms with Crippen LogP contribution >= 0.6 is 0 Å². The van der Waals surface area contributed by atoms with Crippen molar-refractivity contribution in [3.63, 3.8) is 0 Å². The molecule has 0 bridgehead atoms. The number of esters is 1. The van der Waals surface area contributed by atoms with E-state index in [1.165, 1.54) is 69.8 Å². The molecule has 2 aliphatic carbocycles. The fourth-order valence-electron chi connectivity index (χ4n) is 5.21. The number of carbonyl (C=O) groups is 6. The molecule has 0 aromatic rings. The maximum atomic E-state index is 12.4. The van der Waals surface area contributed by atoms with Gasteiger partial charge in [0.05, 0.1) is 20.2 Å². The Kier molecular flexibility index (Phi) is 18.6. The van der Waals surface area contributed by atoms with Crippen molar-refractivity contribution < 1.29 is 33.5 Å². The standard InChI is InChI=1S/C17H26N4O6.C6H12.C5H11NO.C5H10/c1-10-6-12(21(9-10)14(23)8-18-2)15(24)19-7-13(22)16(25)20-5-4-11(20)17(26)27-3;1-2-4-6-5-3-1;1-5(2,3)6-4-7;1-5-3-2-4-5/h10-12,18H,4-9H2,1-3H3,(H,19,24);1-6H2;4H,1-3H3,(H,6,7);5H,2-4H2,1H3/t10-,11?,12?;;;/m1.../s1. The van der Waals surface area contributed by atoms with Crippen LogP contribution in [0.15, 0.2) is 0 Å². The summed E-state index contributed by atoms with van der Waals surface area (Å²) in [6, 6.07) is -1.40. The Hall–Kier alpha value is -3.02. The molecule has 2 saturated heterocycles. The van der Waals surface area contributed by atoms with Gasteiger partial charge in [-0.05, 0) is 52.5 Å². The van der Waals surface area contributed by atoms with E-state index in [2.05, 4.69) is 27.6 Å². The first-order chi connectivity index (χ1) is 21.2. The van der Waals surface area contributed by atoms with E-state index in [0.29, 0.717) is 32.3 Å². The number of methoxy groups -OCH3 is 1. The van der Waals surface area contributed by atoms with Crippen molar-refractivity contribution in [2.45, 2.75) is 123 Å². The summed E-state index contributed by atoms with van der Waals surface area (Å²) in [5.41, 5.74) is -0.0677. The van der Waals surface area contributed by atoms with Crippen LogP contribution in [-0.2, 0) is 33.5 Å². The third-order valence-corrected chi connectivity index (χ3v) is 8.26. The van der Waals surface area contributed by atoms with Gasteiger partial charge in [0.2, 0.25) is 24.0 Å². The molecule has 0 radical (unpaired) electrons. The summed E-state index contributed by atoms with van der Waals surface area (Å²) in [5.74, 6) is -1.61. The highest BCUT2D eigenvalue weighted by Crippen LogP contribution is 2.24. The molecule has 12 nitrogen and oxygen atoms in total. The Morgan fingerprint density at radius 3 is 1.73 bits per heavy atom. The normalized spacial score (nSPS) is 22.2. The first-order valence-corrected chi connectivity index (χ1v) is 16.6. The van der Waals surface area contributed by atoms with Crippen LogP contribution in [0, 0.1) is 11.8 Å². The summed E-state index contributed by atoms with van der Waals surface area (Å²) in [6.07, 6.45) is 15.1. The monoisotopic (exact) mass is 637 g/mol. The minimum Gasteiger partial charge on any atom is -0.467 e. The predicted octanol–water partition coefficient (Wildman–Crippen LogP) is 2.58. The van der Waals surface area contributed by atoms with Crippen molar-refractivity contribution in [3.8, 4) is 0 Å². The molecule has 0 aromatic heterocycles. The van der Waals surface area contributed by atoms with Crippen LogP contribution in [-0.4, -0.2) is 104 Å². The zero-order valence-electron chi connectivity index (χ0n) is 28.7. The lowest BCUT2D eigenvalue weighted by Crippen LogP contribution is -2.58. The summed E-state index contributed by atoms with van der Waals surface area (Å²) >= 11 is 0. The molecule has 4 fully saturated rings. The number of Topliss-reactive ketones (excluding diaryl/α,β-unsaturated/α-hetero) is 1. The van der Waals surface area contributed by atoms with Crippen LogP contribution in [0.25, 0.3) is 0 Å². The third-order valence-electron chi connectivity index (χ3n) is 8.26. The lowest BCUT2D eigenvalue weighted by Gasteiger charge is -2.38. The molecule has 4 amide bonds. The second-order valence-corrected chi connectivity index (χ2v) is 13.6. The van der Waals surface area contributed by atoms with Gasteiger partial charge in [-0.3, -0.25) is 24.0 Å². The fourth-order valence-corrected chi connectivity index (χ4v) is 5.21. The van der Waals surface area contributed by atoms with Crippen LogP contribution in [0.2, 0.25) is 0 Å². The van der Waals surface area contributed by atoms with Crippen molar-refractivity contribution in [1.82, 2.24) is 25.8 Å². The molecule has 2 unspecified atom stereocenters. The molecule has 258 valence electrons. The molecule has 4 aliphatic rings. The predicted molar refractivity (Wildman–Crippen MR) is 173 cm³/mol. The van der Waals surface area contributed by atoms with Crippen LogP contribution in [0.5, 0.6) is 0 Å². The summed E-state index contributed by atoms with van der Waals surface area (Å²) in [5, 5.41) is 7.81. The summed E-state index contributed by atoms with van der Waals surface area (Å²) < 4.78 is 4.59. The first kappa shape index (κ1) is 40.0. The Morgan fingerprint density at radius 2 is 1.38 bits per heavy atom. The number of likely N-dealkylation sites (tertiary alicyclic amines) is 2. The SMILES string of the molecule is C1CCCCC1.CC(C)(C)NC=O.CC1CCC1.CNCC(=O)N1C[C@H](C)CC1C(=O)NCC(=O)C(=O)N1CCC1C(=O)OC. The number of hydrogen-bond donors (Lipinski definition) is 3. The van der Waals surface area contributed by atoms with Gasteiger partial charge in [0.25, 0.3) is 5.91 Å². The Morgan fingerprint density at radius 1 is 0.822 bits per heavy atom. The summed E-state index contributed by atoms with van der Waals surface area (Å²) in [6.45, 7) is 10.5. The van der Waals surface area contributed by atoms with Crippen molar-refractivity contribution in [1.29, 1.82) is 0 Å². The lowest BCUT2D eigenvalue weighted by atomic mass is 9.88. The second-order valence-electron chi connectivity index (χ2n) is 13.6. The highest BCUT2D eigenvalue weighted by atomic mass is 16.5. The molecule has 2 saturated carbocycles. The Balaban J connectivity index is 0.000000448. The molecule has 45 heavy (non-hydrogen) atoms. The van der Waals surface area contributed by atoms with Crippen molar-refractivity contribution >= 4 is 35.9 Å². The van der Waals surface area contributed by atoms with Crippen LogP contribution in [0.4, 0.5) is 0 Å². The van der Waals surface area contributed by atoms with E-state index < -0.39 is 42.2 Å². The number of amides is 4. The number of ether oxygens (including phenoxy) is 1. The largest absolute Gasteiger partial charge is 0.467 e. The van der Waals surface area contributed by atoms with Crippen LogP contribution in [0.1, 0.15) is 105 Å². The minimum atomic E-state index is -0.820. The Labute approximate surface area is 270 Å². The van der Waals surface area contributed by atoms with Crippen LogP contribution in [0.3, 0.4) is 0 Å². The number of ketones is 1. The van der Waals surface area contributed by atoms with Crippen molar-refractivity contribution in [2.75, 3.05) is 40.3 Å². The zero-order valence-corrected chi connectivity index (χ0v) is 28.7. The Bertz CT molecular complexity index is 948. The molecule has 3 N–H and O–H groups in total. The van der Waals surface area contributed by atoms with Gasteiger partial charge in [0.1, 0.15) is 12.1 Å². The van der Waals surface area contributed by atoms with Gasteiger partial charge in [-0.2, -0.15) is 0 Å². The fraction of sp³-hybridized carbons (Fsp3) is 0.818. The highest BCUT2D eigenvalue weighted by Gasteiger charge is 2.41. The summed E-state index contributed by atoms with van der Waals surface area (Å²) in [4.78, 5) is 72.6. The molecular formula is C33H59N5O7. The van der Waals surface area contributed by atoms with Crippen molar-refractivity contribution in [2.24, 2.45) is 11.8 Å². The maximum absolute atomic E-state index is 12.4. The smallest absolute Gasteiger partial charge is 0.328 e. The maximum Gasteiger partial charge on any atom is 0.328 e. The van der Waals surface area contributed by atoms with E-state index in [-0.39, 0.29) is 23.9 Å². The molecule has 2 heterocycles. The van der Waals surface area contributed by atoms with Gasteiger partial charge < -0.3 is 30.5 Å². The first-order valence-electron chi connectivity index (χ1n) is 16.6. The van der Waals surface area contributed by atoms with Gasteiger partial charge in [0, 0.05) is 18.6 Å². The highest BCUT2D eigenvalue weighted by molar-refractivity contribution is 6.37. The van der Waals surface area contributed by atoms with E-state index in [1.807, 2.05) is 27.7 Å². The molecule has 12 heteroatoms. The second kappa shape index (κ2) is 20.9. The van der Waals surface area contributed by atoms with E-state index in [1.54, 1.807) is 7.05 Å².